The van der Waals surface area contributed by atoms with Crippen molar-refractivity contribution in [2.45, 2.75) is 58.2 Å². The van der Waals surface area contributed by atoms with Gasteiger partial charge < -0.3 is 5.73 Å². The zero-order valence-corrected chi connectivity index (χ0v) is 12.6. The van der Waals surface area contributed by atoms with Crippen molar-refractivity contribution in [3.8, 4) is 6.07 Å². The van der Waals surface area contributed by atoms with E-state index >= 15 is 0 Å². The molecular weight excluding hydrogens is 246 g/mol. The molecule has 1 fully saturated rings. The van der Waals surface area contributed by atoms with Gasteiger partial charge in [0.15, 0.2) is 0 Å². The van der Waals surface area contributed by atoms with Gasteiger partial charge in [-0.3, -0.25) is 4.90 Å². The second-order valence-corrected chi connectivity index (χ2v) is 5.88. The summed E-state index contributed by atoms with van der Waals surface area (Å²) in [6.07, 6.45) is 4.72. The molecular formula is C17H25N3. The second-order valence-electron chi connectivity index (χ2n) is 5.88. The summed E-state index contributed by atoms with van der Waals surface area (Å²) < 4.78 is 0. The van der Waals surface area contributed by atoms with Crippen LogP contribution in [-0.2, 0) is 6.54 Å². The minimum absolute atomic E-state index is 0.404. The lowest BCUT2D eigenvalue weighted by Gasteiger charge is -2.35. The minimum Gasteiger partial charge on any atom is -0.328 e. The first-order valence-corrected chi connectivity index (χ1v) is 7.63. The molecule has 3 heteroatoms. The number of nitrogens with zero attached hydrogens (tertiary/aromatic N) is 2. The van der Waals surface area contributed by atoms with Crippen molar-refractivity contribution < 1.29 is 0 Å². The Kier molecular flexibility index (Phi) is 5.17. The molecule has 1 aliphatic carbocycles. The van der Waals surface area contributed by atoms with Crippen molar-refractivity contribution in [3.63, 3.8) is 0 Å². The quantitative estimate of drug-likeness (QED) is 0.916. The third-order valence-electron chi connectivity index (χ3n) is 4.51. The van der Waals surface area contributed by atoms with Gasteiger partial charge in [-0.2, -0.15) is 5.26 Å². The zero-order chi connectivity index (χ0) is 14.5. The predicted molar refractivity (Wildman–Crippen MR) is 82.2 cm³/mol. The number of hydrogen-bond acceptors (Lipinski definition) is 3. The highest BCUT2D eigenvalue weighted by atomic mass is 15.1. The molecule has 0 radical (unpaired) electrons. The molecule has 0 heterocycles. The number of nitriles is 1. The summed E-state index contributed by atoms with van der Waals surface area (Å²) in [5.41, 5.74) is 9.30. The maximum atomic E-state index is 8.94. The van der Waals surface area contributed by atoms with Gasteiger partial charge in [-0.25, -0.2) is 0 Å². The molecule has 0 bridgehead atoms. The molecule has 2 N–H and O–H groups in total. The Morgan fingerprint density at radius 2 is 2.00 bits per heavy atom. The number of aryl methyl sites for hydroxylation is 1. The van der Waals surface area contributed by atoms with Crippen LogP contribution < -0.4 is 5.73 Å². The molecule has 1 aromatic carbocycles. The van der Waals surface area contributed by atoms with Crippen molar-refractivity contribution >= 4 is 0 Å². The Hall–Kier alpha value is -1.37. The van der Waals surface area contributed by atoms with Crippen LogP contribution in [0.4, 0.5) is 0 Å². The van der Waals surface area contributed by atoms with Gasteiger partial charge in [0.25, 0.3) is 0 Å². The summed E-state index contributed by atoms with van der Waals surface area (Å²) in [5.74, 6) is 0. The van der Waals surface area contributed by atoms with E-state index in [1.807, 2.05) is 12.1 Å². The molecule has 108 valence electrons. The minimum atomic E-state index is 0.404. The Bertz CT molecular complexity index is 481. The van der Waals surface area contributed by atoms with Gasteiger partial charge in [-0.1, -0.05) is 13.0 Å². The first-order valence-electron chi connectivity index (χ1n) is 7.63. The number of rotatable bonds is 4. The van der Waals surface area contributed by atoms with Crippen LogP contribution in [0.15, 0.2) is 18.2 Å². The van der Waals surface area contributed by atoms with Gasteiger partial charge in [0.05, 0.1) is 11.6 Å². The van der Waals surface area contributed by atoms with Crippen LogP contribution in [-0.4, -0.2) is 23.5 Å². The van der Waals surface area contributed by atoms with Gasteiger partial charge in [0, 0.05) is 18.6 Å². The largest absolute Gasteiger partial charge is 0.328 e. The lowest BCUT2D eigenvalue weighted by Crippen LogP contribution is -2.40. The van der Waals surface area contributed by atoms with E-state index in [0.717, 1.165) is 31.5 Å². The number of nitrogens with two attached hydrogens (primary N) is 1. The Morgan fingerprint density at radius 1 is 1.30 bits per heavy atom. The molecule has 20 heavy (non-hydrogen) atoms. The Labute approximate surface area is 122 Å². The van der Waals surface area contributed by atoms with E-state index < -0.39 is 0 Å². The van der Waals surface area contributed by atoms with Crippen molar-refractivity contribution in [2.75, 3.05) is 6.54 Å². The molecule has 0 atom stereocenters. The van der Waals surface area contributed by atoms with E-state index in [4.69, 9.17) is 11.0 Å². The van der Waals surface area contributed by atoms with Gasteiger partial charge in [-0.05, 0) is 62.4 Å². The maximum absolute atomic E-state index is 8.94. The van der Waals surface area contributed by atoms with Gasteiger partial charge >= 0.3 is 0 Å². The van der Waals surface area contributed by atoms with E-state index in [1.165, 1.54) is 24.0 Å². The molecule has 0 aromatic heterocycles. The van der Waals surface area contributed by atoms with Crippen LogP contribution in [0.2, 0.25) is 0 Å². The summed E-state index contributed by atoms with van der Waals surface area (Å²) in [4.78, 5) is 2.56. The second kappa shape index (κ2) is 6.88. The van der Waals surface area contributed by atoms with Crippen LogP contribution in [0.1, 0.15) is 49.3 Å². The highest BCUT2D eigenvalue weighted by Gasteiger charge is 2.23. The average molecular weight is 271 g/mol. The van der Waals surface area contributed by atoms with E-state index in [0.29, 0.717) is 12.1 Å². The summed E-state index contributed by atoms with van der Waals surface area (Å²) in [6.45, 7) is 6.38. The highest BCUT2D eigenvalue weighted by molar-refractivity contribution is 5.37. The standard InChI is InChI=1S/C17H25N3/c1-3-20(17-8-6-16(19)7-9-17)12-15-5-4-14(11-18)10-13(15)2/h4-5,10,16-17H,3,6-9,12,19H2,1-2H3. The molecule has 0 saturated heterocycles. The van der Waals surface area contributed by atoms with Crippen LogP contribution in [0, 0.1) is 18.3 Å². The van der Waals surface area contributed by atoms with Crippen LogP contribution in [0.25, 0.3) is 0 Å². The van der Waals surface area contributed by atoms with Gasteiger partial charge in [-0.15, -0.1) is 0 Å². The first-order chi connectivity index (χ1) is 9.63. The normalized spacial score (nSPS) is 22.8. The molecule has 0 spiro atoms. The lowest BCUT2D eigenvalue weighted by molar-refractivity contribution is 0.149. The average Bonchev–Trinajstić information content (AvgIpc) is 2.47. The van der Waals surface area contributed by atoms with Crippen LogP contribution in [0.3, 0.4) is 0 Å². The van der Waals surface area contributed by atoms with Gasteiger partial charge in [0.1, 0.15) is 0 Å². The van der Waals surface area contributed by atoms with E-state index in [1.54, 1.807) is 0 Å². The summed E-state index contributed by atoms with van der Waals surface area (Å²) in [7, 11) is 0. The monoisotopic (exact) mass is 271 g/mol. The van der Waals surface area contributed by atoms with Crippen LogP contribution in [0.5, 0.6) is 0 Å². The summed E-state index contributed by atoms with van der Waals surface area (Å²) in [6, 6.07) is 9.28. The smallest absolute Gasteiger partial charge is 0.0991 e. The fraction of sp³-hybridized carbons (Fsp3) is 0.588. The number of benzene rings is 1. The summed E-state index contributed by atoms with van der Waals surface area (Å²) >= 11 is 0. The molecule has 3 nitrogen and oxygen atoms in total. The molecule has 2 rings (SSSR count). The Morgan fingerprint density at radius 3 is 2.55 bits per heavy atom. The third-order valence-corrected chi connectivity index (χ3v) is 4.51. The molecule has 1 aromatic rings. The van der Waals surface area contributed by atoms with Gasteiger partial charge in [0.2, 0.25) is 0 Å². The van der Waals surface area contributed by atoms with E-state index in [2.05, 4.69) is 30.9 Å². The summed E-state index contributed by atoms with van der Waals surface area (Å²) in [5, 5.41) is 8.94. The maximum Gasteiger partial charge on any atom is 0.0991 e. The topological polar surface area (TPSA) is 53.0 Å². The van der Waals surface area contributed by atoms with Crippen molar-refractivity contribution in [1.29, 1.82) is 5.26 Å². The van der Waals surface area contributed by atoms with Crippen molar-refractivity contribution in [1.82, 2.24) is 4.90 Å². The van der Waals surface area contributed by atoms with E-state index in [-0.39, 0.29) is 0 Å². The van der Waals surface area contributed by atoms with Crippen molar-refractivity contribution in [2.24, 2.45) is 5.73 Å². The molecule has 1 aliphatic rings. The molecule has 0 aliphatic heterocycles. The highest BCUT2D eigenvalue weighted by Crippen LogP contribution is 2.24. The zero-order valence-electron chi connectivity index (χ0n) is 12.6. The fourth-order valence-corrected chi connectivity index (χ4v) is 3.13. The SMILES string of the molecule is CCN(Cc1ccc(C#N)cc1C)C1CCC(N)CC1. The van der Waals surface area contributed by atoms with E-state index in [9.17, 15) is 0 Å². The first kappa shape index (κ1) is 15.0. The predicted octanol–water partition coefficient (Wildman–Crippen LogP) is 2.96. The van der Waals surface area contributed by atoms with Crippen molar-refractivity contribution in [3.05, 3.63) is 34.9 Å². The third kappa shape index (κ3) is 3.59. The number of hydrogen-bond donors (Lipinski definition) is 1. The Balaban J connectivity index is 2.05. The molecule has 1 saturated carbocycles. The molecule has 0 unspecified atom stereocenters. The lowest BCUT2D eigenvalue weighted by atomic mass is 9.90. The van der Waals surface area contributed by atoms with Crippen LogP contribution >= 0.6 is 0 Å². The molecule has 0 amide bonds. The fourth-order valence-electron chi connectivity index (χ4n) is 3.13.